The molecule has 27 heavy (non-hydrogen) atoms. The van der Waals surface area contributed by atoms with E-state index < -0.39 is 36.1 Å². The lowest BCUT2D eigenvalue weighted by atomic mass is 10.2. The van der Waals surface area contributed by atoms with E-state index in [0.717, 1.165) is 16.2 Å². The molecule has 1 aromatic rings. The van der Waals surface area contributed by atoms with Gasteiger partial charge in [-0.15, -0.1) is 0 Å². The number of aliphatic carboxylic acids is 1. The topological polar surface area (TPSA) is 102 Å². The predicted octanol–water partition coefficient (Wildman–Crippen LogP) is 4.03. The van der Waals surface area contributed by atoms with Crippen LogP contribution in [0.1, 0.15) is 39.7 Å². The van der Waals surface area contributed by atoms with Gasteiger partial charge in [0, 0.05) is 5.75 Å². The smallest absolute Gasteiger partial charge is 0.408 e. The first kappa shape index (κ1) is 23.2. The summed E-state index contributed by atoms with van der Waals surface area (Å²) in [5.74, 6) is -0.822. The van der Waals surface area contributed by atoms with Crippen LogP contribution in [0.25, 0.3) is 0 Å². The molecule has 0 aliphatic carbocycles. The molecule has 2 N–H and O–H groups in total. The number of aryl methyl sites for hydroxylation is 1. The van der Waals surface area contributed by atoms with Crippen molar-refractivity contribution >= 4 is 39.6 Å². The highest BCUT2D eigenvalue weighted by Crippen LogP contribution is 2.39. The van der Waals surface area contributed by atoms with Gasteiger partial charge in [-0.1, -0.05) is 40.6 Å². The van der Waals surface area contributed by atoms with Crippen LogP contribution in [0.15, 0.2) is 23.1 Å². The highest BCUT2D eigenvalue weighted by Gasteiger charge is 2.27. The number of hydrogen-bond acceptors (Lipinski definition) is 7. The second-order valence-electron chi connectivity index (χ2n) is 6.61. The molecule has 0 unspecified atom stereocenters. The Morgan fingerprint density at radius 1 is 1.26 bits per heavy atom. The zero-order valence-electron chi connectivity index (χ0n) is 16.0. The molecule has 9 heteroatoms. The van der Waals surface area contributed by atoms with Gasteiger partial charge in [-0.05, 0) is 39.3 Å². The predicted molar refractivity (Wildman–Crippen MR) is 106 cm³/mol. The maximum atomic E-state index is 12.3. The van der Waals surface area contributed by atoms with Crippen molar-refractivity contribution in [2.24, 2.45) is 0 Å². The maximum Gasteiger partial charge on any atom is 0.408 e. The first-order chi connectivity index (χ1) is 12.5. The van der Waals surface area contributed by atoms with Gasteiger partial charge in [0.2, 0.25) is 0 Å². The highest BCUT2D eigenvalue weighted by molar-refractivity contribution is 8.76. The van der Waals surface area contributed by atoms with Gasteiger partial charge in [0.05, 0.1) is 11.3 Å². The van der Waals surface area contributed by atoms with Crippen molar-refractivity contribution in [3.8, 4) is 5.75 Å². The Kier molecular flexibility index (Phi) is 8.98. The average Bonchev–Trinajstić information content (AvgIpc) is 2.53. The summed E-state index contributed by atoms with van der Waals surface area (Å²) in [4.78, 5) is 36.2. The summed E-state index contributed by atoms with van der Waals surface area (Å²) < 4.78 is 10.4. The molecule has 150 valence electrons. The summed E-state index contributed by atoms with van der Waals surface area (Å²) in [5.41, 5.74) is -0.0188. The Bertz CT molecular complexity index is 687. The molecule has 0 saturated heterocycles. The molecule has 1 rings (SSSR count). The Hall–Kier alpha value is -1.87. The minimum Gasteiger partial charge on any atom is -0.480 e. The van der Waals surface area contributed by atoms with Crippen molar-refractivity contribution in [2.75, 3.05) is 5.75 Å². The van der Waals surface area contributed by atoms with Gasteiger partial charge in [0.25, 0.3) is 0 Å². The van der Waals surface area contributed by atoms with Crippen molar-refractivity contribution in [1.29, 1.82) is 0 Å². The number of ether oxygens (including phenoxy) is 2. The SMILES string of the molecule is CCSSc1cccc(C)c1OC(=O)C[C@H](NC(=O)OC(C)(C)C)C(=O)O. The van der Waals surface area contributed by atoms with Gasteiger partial charge in [-0.25, -0.2) is 9.59 Å². The fourth-order valence-electron chi connectivity index (χ4n) is 1.92. The third-order valence-corrected chi connectivity index (χ3v) is 5.47. The van der Waals surface area contributed by atoms with E-state index in [0.29, 0.717) is 5.75 Å². The fraction of sp³-hybridized carbons (Fsp3) is 0.500. The number of nitrogens with one attached hydrogen (secondary N) is 1. The summed E-state index contributed by atoms with van der Waals surface area (Å²) in [5, 5.41) is 11.5. The number of rotatable bonds is 8. The van der Waals surface area contributed by atoms with E-state index in [1.807, 2.05) is 19.1 Å². The first-order valence-corrected chi connectivity index (χ1v) is 10.7. The van der Waals surface area contributed by atoms with Gasteiger partial charge in [-0.2, -0.15) is 0 Å². The van der Waals surface area contributed by atoms with Gasteiger partial charge in [0.1, 0.15) is 17.4 Å². The van der Waals surface area contributed by atoms with Gasteiger partial charge >= 0.3 is 18.0 Å². The van der Waals surface area contributed by atoms with Crippen molar-refractivity contribution in [1.82, 2.24) is 5.32 Å². The molecular weight excluding hydrogens is 390 g/mol. The van der Waals surface area contributed by atoms with E-state index in [1.54, 1.807) is 44.6 Å². The maximum absolute atomic E-state index is 12.3. The van der Waals surface area contributed by atoms with E-state index in [4.69, 9.17) is 9.47 Å². The van der Waals surface area contributed by atoms with Crippen LogP contribution in [0.3, 0.4) is 0 Å². The lowest BCUT2D eigenvalue weighted by molar-refractivity contribution is -0.144. The molecule has 0 aromatic heterocycles. The first-order valence-electron chi connectivity index (χ1n) is 8.35. The minimum absolute atomic E-state index is 0.398. The largest absolute Gasteiger partial charge is 0.480 e. The Balaban J connectivity index is 2.81. The van der Waals surface area contributed by atoms with Crippen LogP contribution in [-0.4, -0.2) is 40.5 Å². The molecule has 0 fully saturated rings. The molecule has 1 aromatic carbocycles. The third kappa shape index (κ3) is 8.57. The van der Waals surface area contributed by atoms with Crippen LogP contribution < -0.4 is 10.1 Å². The van der Waals surface area contributed by atoms with Crippen LogP contribution in [0.5, 0.6) is 5.75 Å². The molecule has 0 saturated carbocycles. The molecule has 0 bridgehead atoms. The molecular formula is C18H25NO6S2. The lowest BCUT2D eigenvalue weighted by Crippen LogP contribution is -2.45. The summed E-state index contributed by atoms with van der Waals surface area (Å²) in [7, 11) is 3.08. The number of carbonyl (C=O) groups is 3. The Labute approximate surface area is 167 Å². The number of alkyl carbamates (subject to hydrolysis) is 1. The zero-order chi connectivity index (χ0) is 20.6. The molecule has 7 nitrogen and oxygen atoms in total. The van der Waals surface area contributed by atoms with Crippen LogP contribution in [0.4, 0.5) is 4.79 Å². The molecule has 0 aliphatic rings. The number of carboxylic acids is 1. The van der Waals surface area contributed by atoms with Crippen LogP contribution in [0, 0.1) is 6.92 Å². The zero-order valence-corrected chi connectivity index (χ0v) is 17.7. The van der Waals surface area contributed by atoms with Gasteiger partial charge in [0.15, 0.2) is 0 Å². The summed E-state index contributed by atoms with van der Waals surface area (Å²) in [6.45, 7) is 8.78. The Morgan fingerprint density at radius 2 is 1.93 bits per heavy atom. The number of hydrogen-bond donors (Lipinski definition) is 2. The number of amides is 1. The van der Waals surface area contributed by atoms with E-state index in [2.05, 4.69) is 5.32 Å². The van der Waals surface area contributed by atoms with Crippen molar-refractivity contribution < 1.29 is 29.0 Å². The van der Waals surface area contributed by atoms with Crippen LogP contribution in [0.2, 0.25) is 0 Å². The molecule has 0 spiro atoms. The highest BCUT2D eigenvalue weighted by atomic mass is 33.1. The quantitative estimate of drug-likeness (QED) is 0.373. The van der Waals surface area contributed by atoms with Crippen molar-refractivity contribution in [2.45, 2.75) is 57.6 Å². The van der Waals surface area contributed by atoms with Crippen LogP contribution in [-0.2, 0) is 14.3 Å². The molecule has 1 amide bonds. The van der Waals surface area contributed by atoms with Gasteiger partial charge in [-0.3, -0.25) is 4.79 Å². The average molecular weight is 416 g/mol. The summed E-state index contributed by atoms with van der Waals surface area (Å²) >= 11 is 0. The third-order valence-electron chi connectivity index (χ3n) is 3.02. The summed E-state index contributed by atoms with van der Waals surface area (Å²) in [6, 6.07) is 4.04. The number of carbonyl (C=O) groups excluding carboxylic acids is 2. The normalized spacial score (nSPS) is 12.2. The van der Waals surface area contributed by atoms with E-state index in [-0.39, 0.29) is 0 Å². The lowest BCUT2D eigenvalue weighted by Gasteiger charge is -2.21. The van der Waals surface area contributed by atoms with Gasteiger partial charge < -0.3 is 19.9 Å². The second kappa shape index (κ2) is 10.5. The number of carboxylic acid groups (broad SMARTS) is 1. The fourth-order valence-corrected chi connectivity index (χ4v) is 3.70. The minimum atomic E-state index is -1.45. The standard InChI is InChI=1S/C18H25NO6S2/c1-6-26-27-13-9-7-8-11(2)15(13)24-14(20)10-12(16(21)22)19-17(23)25-18(3,4)5/h7-9,12H,6,10H2,1-5H3,(H,19,23)(H,21,22)/t12-/m0/s1. The van der Waals surface area contributed by atoms with Crippen molar-refractivity contribution in [3.05, 3.63) is 23.8 Å². The van der Waals surface area contributed by atoms with Crippen molar-refractivity contribution in [3.63, 3.8) is 0 Å². The second-order valence-corrected chi connectivity index (χ2v) is 9.23. The van der Waals surface area contributed by atoms with E-state index in [9.17, 15) is 19.5 Å². The monoisotopic (exact) mass is 415 g/mol. The molecule has 0 heterocycles. The van der Waals surface area contributed by atoms with E-state index >= 15 is 0 Å². The molecule has 0 aliphatic heterocycles. The molecule has 0 radical (unpaired) electrons. The molecule has 1 atom stereocenters. The van der Waals surface area contributed by atoms with Crippen LogP contribution >= 0.6 is 21.6 Å². The number of para-hydroxylation sites is 1. The van der Waals surface area contributed by atoms with E-state index in [1.165, 1.54) is 10.8 Å². The summed E-state index contributed by atoms with van der Waals surface area (Å²) in [6.07, 6.45) is -1.43. The number of benzene rings is 1. The Morgan fingerprint density at radius 3 is 2.48 bits per heavy atom. The number of esters is 1.